The molecule has 23 heteroatoms. The van der Waals surface area contributed by atoms with Crippen molar-refractivity contribution in [2.24, 2.45) is 0 Å². The van der Waals surface area contributed by atoms with E-state index >= 15 is 0 Å². The molecule has 73 heavy (non-hydrogen) atoms. The number of ketones is 3. The molecule has 1 fully saturated rings. The Morgan fingerprint density at radius 3 is 1.30 bits per heavy atom. The number of hydrogen-bond donors (Lipinski definition) is 3. The van der Waals surface area contributed by atoms with Crippen molar-refractivity contribution < 1.29 is 67.4 Å². The van der Waals surface area contributed by atoms with E-state index in [1.54, 1.807) is 90.2 Å². The van der Waals surface area contributed by atoms with Gasteiger partial charge >= 0.3 is 24.7 Å². The number of carbonyl (C=O) groups excluding carboxylic acids is 3. The average molecular weight is 1030 g/mol. The SMILES string of the molecule is CC(=O)c1ccc(O)cc1.CC(=O)c1ccc(Oc2cc(CO)ccc2[N+](=O)[O-])cc1.CC(=O)c1ccc(Oc2cc(COP3(=O)N(C)CCCN3C)ccc2[N+](=O)[O-])cc1.O=[N+]([O-])c1ccc(CO)cc1F. The van der Waals surface area contributed by atoms with E-state index < -0.39 is 33.9 Å². The molecule has 384 valence electrons. The number of aromatic hydroxyl groups is 1. The highest BCUT2D eigenvalue weighted by molar-refractivity contribution is 7.53. The second-order valence-electron chi connectivity index (χ2n) is 15.8. The van der Waals surface area contributed by atoms with Crippen LogP contribution in [0.3, 0.4) is 0 Å². The zero-order valence-electron chi connectivity index (χ0n) is 40.1. The summed E-state index contributed by atoms with van der Waals surface area (Å²) in [5, 5.41) is 59.0. The molecule has 0 bridgehead atoms. The second kappa shape index (κ2) is 26.9. The summed E-state index contributed by atoms with van der Waals surface area (Å²) in [5.41, 5.74) is 2.12. The number of phenols is 1. The van der Waals surface area contributed by atoms with E-state index in [0.717, 1.165) is 18.6 Å². The summed E-state index contributed by atoms with van der Waals surface area (Å²) in [7, 11) is 0.382. The zero-order chi connectivity index (χ0) is 54.0. The molecule has 0 unspecified atom stereocenters. The minimum atomic E-state index is -3.13. The van der Waals surface area contributed by atoms with E-state index in [1.807, 2.05) is 0 Å². The van der Waals surface area contributed by atoms with Crippen molar-refractivity contribution in [1.82, 2.24) is 9.34 Å². The monoisotopic (exact) mass is 1030 g/mol. The molecule has 0 atom stereocenters. The molecule has 0 amide bonds. The van der Waals surface area contributed by atoms with Crippen LogP contribution < -0.4 is 9.47 Å². The van der Waals surface area contributed by atoms with E-state index in [-0.39, 0.29) is 65.8 Å². The number of nitro benzene ring substituents is 3. The van der Waals surface area contributed by atoms with Crippen LogP contribution in [-0.4, -0.2) is 84.0 Å². The van der Waals surface area contributed by atoms with Crippen LogP contribution in [0.2, 0.25) is 0 Å². The van der Waals surface area contributed by atoms with Gasteiger partial charge in [0.2, 0.25) is 17.3 Å². The molecule has 1 aliphatic rings. The molecule has 6 aromatic rings. The number of halogens is 1. The lowest BCUT2D eigenvalue weighted by Gasteiger charge is -2.38. The van der Waals surface area contributed by atoms with Gasteiger partial charge in [0.15, 0.2) is 17.3 Å². The normalized spacial score (nSPS) is 12.8. The van der Waals surface area contributed by atoms with E-state index in [9.17, 15) is 53.7 Å². The number of aliphatic hydroxyl groups is 2. The number of hydrogen-bond acceptors (Lipinski definition) is 16. The third-order valence-electron chi connectivity index (χ3n) is 10.5. The fraction of sp³-hybridized carbons (Fsp3) is 0.220. The summed E-state index contributed by atoms with van der Waals surface area (Å²) >= 11 is 0. The lowest BCUT2D eigenvalue weighted by atomic mass is 10.1. The fourth-order valence-electron chi connectivity index (χ4n) is 6.43. The quantitative estimate of drug-likeness (QED) is 0.0373. The first kappa shape index (κ1) is 57.5. The van der Waals surface area contributed by atoms with Gasteiger partial charge < -0.3 is 29.3 Å². The Morgan fingerprint density at radius 1 is 0.575 bits per heavy atom. The molecule has 0 radical (unpaired) electrons. The number of rotatable bonds is 15. The summed E-state index contributed by atoms with van der Waals surface area (Å²) in [6.07, 6.45) is 0.901. The molecule has 1 heterocycles. The molecule has 0 spiro atoms. The van der Waals surface area contributed by atoms with Crippen molar-refractivity contribution in [3.05, 3.63) is 197 Å². The lowest BCUT2D eigenvalue weighted by molar-refractivity contribution is -0.387. The first-order chi connectivity index (χ1) is 34.6. The molecule has 21 nitrogen and oxygen atoms in total. The van der Waals surface area contributed by atoms with E-state index in [2.05, 4.69) is 0 Å². The maximum absolute atomic E-state index is 13.2. The van der Waals surface area contributed by atoms with Crippen molar-refractivity contribution in [1.29, 1.82) is 0 Å². The highest BCUT2D eigenvalue weighted by atomic mass is 31.2. The fourth-order valence-corrected chi connectivity index (χ4v) is 8.45. The Morgan fingerprint density at radius 2 is 0.932 bits per heavy atom. The Bertz CT molecular complexity index is 2960. The van der Waals surface area contributed by atoms with Crippen molar-refractivity contribution in [3.8, 4) is 28.7 Å². The Balaban J connectivity index is 0.000000231. The standard InChI is InChI=1S/C20H24N3O6P.C15H13NO5.C8H8O2.C7H6FNO3/c1-15(24)17-6-8-18(9-7-17)29-20-13-16(5-10-19(20)23(25)26)14-28-30(27)21(2)11-4-12-22(30)3;1-10(18)12-3-5-13(6-4-12)21-15-8-11(9-17)2-7-14(15)16(19)20;1-6(9)7-2-4-8(10)5-3-7;8-6-3-5(4-10)1-2-7(6)9(11)12/h5-10,13H,4,11-12,14H2,1-3H3;2-8,17H,9H2,1H3;2-5,10H,1H3;1-3,10H,4H2. The summed E-state index contributed by atoms with van der Waals surface area (Å²) in [6.45, 7) is 5.20. The van der Waals surface area contributed by atoms with Crippen molar-refractivity contribution in [2.45, 2.75) is 47.0 Å². The second-order valence-corrected chi connectivity index (χ2v) is 18.4. The van der Waals surface area contributed by atoms with Gasteiger partial charge in [0.1, 0.15) is 17.2 Å². The maximum Gasteiger partial charge on any atom is 0.345 e. The molecule has 1 aliphatic heterocycles. The van der Waals surface area contributed by atoms with Crippen LogP contribution in [0.1, 0.15) is 75.0 Å². The molecule has 6 aromatic carbocycles. The topological polar surface area (TPSA) is 293 Å². The van der Waals surface area contributed by atoms with Crippen LogP contribution in [0.25, 0.3) is 0 Å². The number of nitrogens with zero attached hydrogens (tertiary/aromatic N) is 5. The molecular weight excluding hydrogens is 977 g/mol. The van der Waals surface area contributed by atoms with Gasteiger partial charge in [0.25, 0.3) is 0 Å². The van der Waals surface area contributed by atoms with Gasteiger partial charge in [-0.25, -0.2) is 9.34 Å². The highest BCUT2D eigenvalue weighted by Crippen LogP contribution is 2.55. The van der Waals surface area contributed by atoms with Crippen molar-refractivity contribution in [3.63, 3.8) is 0 Å². The van der Waals surface area contributed by atoms with Gasteiger partial charge in [-0.2, -0.15) is 4.39 Å². The summed E-state index contributed by atoms with van der Waals surface area (Å²) in [5.74, 6) is -0.0631. The Labute approximate surface area is 417 Å². The molecular formula is C50H51FN5O16P. The average Bonchev–Trinajstić information content (AvgIpc) is 3.35. The molecule has 7 rings (SSSR count). The number of nitro groups is 3. The molecule has 0 aliphatic carbocycles. The molecule has 1 saturated heterocycles. The number of aliphatic hydroxyl groups excluding tert-OH is 2. The predicted octanol–water partition coefficient (Wildman–Crippen LogP) is 10.4. The number of ether oxygens (including phenoxy) is 2. The first-order valence-electron chi connectivity index (χ1n) is 21.8. The van der Waals surface area contributed by atoms with E-state index in [1.165, 1.54) is 69.3 Å². The van der Waals surface area contributed by atoms with Gasteiger partial charge in [-0.3, -0.25) is 49.3 Å². The van der Waals surface area contributed by atoms with Crippen LogP contribution in [0.5, 0.6) is 28.7 Å². The van der Waals surface area contributed by atoms with Gasteiger partial charge in [0, 0.05) is 48.0 Å². The van der Waals surface area contributed by atoms with Crippen LogP contribution in [0.15, 0.2) is 127 Å². The van der Waals surface area contributed by atoms with Gasteiger partial charge in [-0.1, -0.05) is 0 Å². The highest BCUT2D eigenvalue weighted by Gasteiger charge is 2.37. The molecule has 0 saturated carbocycles. The molecule has 3 N–H and O–H groups in total. The van der Waals surface area contributed by atoms with Crippen LogP contribution in [0.4, 0.5) is 21.5 Å². The van der Waals surface area contributed by atoms with Crippen LogP contribution in [-0.2, 0) is 28.9 Å². The van der Waals surface area contributed by atoms with Gasteiger partial charge in [0.05, 0.1) is 34.6 Å². The number of phenolic OH excluding ortho intramolecular Hbond substituents is 1. The summed E-state index contributed by atoms with van der Waals surface area (Å²) < 4.78 is 46.3. The number of benzene rings is 6. The maximum atomic E-state index is 13.2. The lowest BCUT2D eigenvalue weighted by Crippen LogP contribution is -2.35. The van der Waals surface area contributed by atoms with Crippen molar-refractivity contribution in [2.75, 3.05) is 27.2 Å². The van der Waals surface area contributed by atoms with Gasteiger partial charge in [-0.15, -0.1) is 0 Å². The Kier molecular flexibility index (Phi) is 21.2. The van der Waals surface area contributed by atoms with Crippen LogP contribution in [0, 0.1) is 36.2 Å². The third kappa shape index (κ3) is 16.7. The van der Waals surface area contributed by atoms with Gasteiger partial charge in [-0.05, 0) is 167 Å². The summed E-state index contributed by atoms with van der Waals surface area (Å²) in [4.78, 5) is 63.9. The first-order valence-corrected chi connectivity index (χ1v) is 23.3. The van der Waals surface area contributed by atoms with E-state index in [4.69, 9.17) is 29.3 Å². The minimum absolute atomic E-state index is 0.0139. The van der Waals surface area contributed by atoms with Crippen LogP contribution >= 0.6 is 7.67 Å². The predicted molar refractivity (Wildman–Crippen MR) is 265 cm³/mol. The number of carbonyl (C=O) groups is 3. The number of Topliss-reactive ketones (excluding diaryl/α,β-unsaturated/α-hetero) is 3. The van der Waals surface area contributed by atoms with Crippen molar-refractivity contribution >= 4 is 42.1 Å². The third-order valence-corrected chi connectivity index (χ3v) is 13.1. The summed E-state index contributed by atoms with van der Waals surface area (Å²) in [6, 6.07) is 30.6. The zero-order valence-corrected chi connectivity index (χ0v) is 41.0. The smallest absolute Gasteiger partial charge is 0.345 e. The molecule has 0 aromatic heterocycles. The largest absolute Gasteiger partial charge is 0.508 e. The van der Waals surface area contributed by atoms with E-state index in [0.29, 0.717) is 58.0 Å². The Hall–Kier alpha value is -8.11. The minimum Gasteiger partial charge on any atom is -0.508 e.